The lowest BCUT2D eigenvalue weighted by molar-refractivity contribution is 0.0949. The first kappa shape index (κ1) is 15.9. The first-order valence-electron chi connectivity index (χ1n) is 7.71. The summed E-state index contributed by atoms with van der Waals surface area (Å²) >= 11 is 0. The molecule has 0 fully saturated rings. The van der Waals surface area contributed by atoms with E-state index in [1.54, 1.807) is 6.07 Å². The summed E-state index contributed by atoms with van der Waals surface area (Å²) < 4.78 is 12.2. The SMILES string of the molecule is O=C(NCC[18F])c1c[nH]c2ccc(Cc3ccccc3)cc2c1=O. The highest BCUT2D eigenvalue weighted by atomic mass is 18.2. The van der Waals surface area contributed by atoms with Crippen molar-refractivity contribution in [3.8, 4) is 0 Å². The predicted octanol–water partition coefficient (Wildman–Crippen LogP) is 2.82. The fraction of sp³-hybridized carbons (Fsp3) is 0.158. The molecule has 1 amide bonds. The molecule has 1 heterocycles. The van der Waals surface area contributed by atoms with Crippen LogP contribution >= 0.6 is 0 Å². The van der Waals surface area contributed by atoms with E-state index < -0.39 is 12.6 Å². The van der Waals surface area contributed by atoms with E-state index in [2.05, 4.69) is 10.3 Å². The van der Waals surface area contributed by atoms with Crippen molar-refractivity contribution in [1.82, 2.24) is 10.3 Å². The number of alkyl halides is 1. The highest BCUT2D eigenvalue weighted by Crippen LogP contribution is 2.15. The van der Waals surface area contributed by atoms with Gasteiger partial charge in [-0.05, 0) is 29.7 Å². The molecule has 2 N–H and O–H groups in total. The molecule has 1 aromatic heterocycles. The lowest BCUT2D eigenvalue weighted by Gasteiger charge is -2.06. The number of benzene rings is 2. The van der Waals surface area contributed by atoms with Gasteiger partial charge in [0.2, 0.25) is 5.43 Å². The summed E-state index contributed by atoms with van der Waals surface area (Å²) in [7, 11) is 0. The Morgan fingerprint density at radius 2 is 1.88 bits per heavy atom. The fourth-order valence-electron chi connectivity index (χ4n) is 2.63. The number of carbonyl (C=O) groups excluding carboxylic acids is 1. The Bertz CT molecular complexity index is 920. The summed E-state index contributed by atoms with van der Waals surface area (Å²) in [4.78, 5) is 27.5. The Balaban J connectivity index is 1.97. The maximum atomic E-state index is 12.6. The van der Waals surface area contributed by atoms with E-state index in [0.29, 0.717) is 17.3 Å². The Morgan fingerprint density at radius 1 is 1.08 bits per heavy atom. The highest BCUT2D eigenvalue weighted by molar-refractivity contribution is 5.97. The lowest BCUT2D eigenvalue weighted by atomic mass is 10.0. The summed E-state index contributed by atoms with van der Waals surface area (Å²) in [6.07, 6.45) is 2.07. The number of aromatic amines is 1. The van der Waals surface area contributed by atoms with Gasteiger partial charge in [0, 0.05) is 23.6 Å². The molecule has 5 heteroatoms. The van der Waals surface area contributed by atoms with Gasteiger partial charge in [0.1, 0.15) is 12.2 Å². The number of halogens is 1. The Kier molecular flexibility index (Phi) is 4.70. The summed E-state index contributed by atoms with van der Waals surface area (Å²) in [5.74, 6) is -0.565. The van der Waals surface area contributed by atoms with Gasteiger partial charge in [0.05, 0.1) is 0 Å². The number of pyridine rings is 1. The molecule has 0 atom stereocenters. The second kappa shape index (κ2) is 7.08. The van der Waals surface area contributed by atoms with Gasteiger partial charge in [0.15, 0.2) is 0 Å². The number of hydrogen-bond acceptors (Lipinski definition) is 2. The highest BCUT2D eigenvalue weighted by Gasteiger charge is 2.13. The smallest absolute Gasteiger partial charge is 0.256 e. The quantitative estimate of drug-likeness (QED) is 0.758. The van der Waals surface area contributed by atoms with E-state index in [0.717, 1.165) is 11.1 Å². The van der Waals surface area contributed by atoms with Gasteiger partial charge in [-0.15, -0.1) is 0 Å². The van der Waals surface area contributed by atoms with Gasteiger partial charge in [-0.25, -0.2) is 4.39 Å². The number of fused-ring (bicyclic) bond motifs is 1. The van der Waals surface area contributed by atoms with Crippen LogP contribution in [0.2, 0.25) is 0 Å². The van der Waals surface area contributed by atoms with Crippen LogP contribution in [-0.2, 0) is 6.42 Å². The van der Waals surface area contributed by atoms with E-state index in [1.807, 2.05) is 42.5 Å². The maximum absolute atomic E-state index is 12.6. The van der Waals surface area contributed by atoms with Crippen LogP contribution in [0.4, 0.5) is 4.39 Å². The van der Waals surface area contributed by atoms with E-state index in [9.17, 15) is 14.0 Å². The molecular formula is C19H17FN2O2. The first-order valence-corrected chi connectivity index (χ1v) is 7.71. The average Bonchev–Trinajstić information content (AvgIpc) is 2.61. The molecule has 122 valence electrons. The molecule has 0 aliphatic heterocycles. The third kappa shape index (κ3) is 3.35. The van der Waals surface area contributed by atoms with Crippen LogP contribution < -0.4 is 10.7 Å². The molecule has 2 aromatic carbocycles. The fourth-order valence-corrected chi connectivity index (χ4v) is 2.63. The van der Waals surface area contributed by atoms with E-state index in [4.69, 9.17) is 0 Å². The van der Waals surface area contributed by atoms with Gasteiger partial charge in [0.25, 0.3) is 5.91 Å². The molecular weight excluding hydrogens is 306 g/mol. The Hall–Kier alpha value is -2.95. The summed E-state index contributed by atoms with van der Waals surface area (Å²) in [6.45, 7) is -0.775. The third-order valence-corrected chi connectivity index (χ3v) is 3.82. The van der Waals surface area contributed by atoms with Crippen molar-refractivity contribution in [2.45, 2.75) is 6.42 Å². The number of rotatable bonds is 5. The second-order valence-corrected chi connectivity index (χ2v) is 5.52. The lowest BCUT2D eigenvalue weighted by Crippen LogP contribution is -2.30. The number of amides is 1. The van der Waals surface area contributed by atoms with Crippen molar-refractivity contribution in [2.75, 3.05) is 13.2 Å². The number of H-pyrrole nitrogens is 1. The molecule has 0 unspecified atom stereocenters. The molecule has 0 saturated heterocycles. The minimum atomic E-state index is -0.668. The minimum Gasteiger partial charge on any atom is -0.360 e. The van der Waals surface area contributed by atoms with Crippen LogP contribution in [0.5, 0.6) is 0 Å². The van der Waals surface area contributed by atoms with Gasteiger partial charge in [-0.2, -0.15) is 0 Å². The monoisotopic (exact) mass is 323 g/mol. The third-order valence-electron chi connectivity index (χ3n) is 3.82. The van der Waals surface area contributed by atoms with Crippen molar-refractivity contribution in [3.63, 3.8) is 0 Å². The molecule has 0 radical (unpaired) electrons. The van der Waals surface area contributed by atoms with Crippen molar-refractivity contribution in [1.29, 1.82) is 0 Å². The van der Waals surface area contributed by atoms with Crippen molar-refractivity contribution >= 4 is 16.8 Å². The van der Waals surface area contributed by atoms with E-state index in [1.165, 1.54) is 6.20 Å². The molecule has 0 aliphatic rings. The van der Waals surface area contributed by atoms with Crippen LogP contribution in [0.1, 0.15) is 21.5 Å². The minimum absolute atomic E-state index is 0.00666. The standard InChI is InChI=1S/C19H17FN2O2/c20-8-9-21-19(24)16-12-22-17-7-6-14(11-15(17)18(16)23)10-13-4-2-1-3-5-13/h1-7,11-12H,8-10H2,(H,21,24)(H,22,23)/i20-1. The van der Waals surface area contributed by atoms with Crippen LogP contribution in [0.3, 0.4) is 0 Å². The number of carbonyl (C=O) groups is 1. The van der Waals surface area contributed by atoms with Gasteiger partial charge in [-0.3, -0.25) is 9.59 Å². The maximum Gasteiger partial charge on any atom is 0.256 e. The molecule has 0 saturated carbocycles. The number of aromatic nitrogens is 1. The normalized spacial score (nSPS) is 10.7. The van der Waals surface area contributed by atoms with E-state index in [-0.39, 0.29) is 17.5 Å². The summed E-state index contributed by atoms with van der Waals surface area (Å²) in [5.41, 5.74) is 2.44. The van der Waals surface area contributed by atoms with Gasteiger partial charge < -0.3 is 10.3 Å². The van der Waals surface area contributed by atoms with Crippen LogP contribution in [0, 0.1) is 0 Å². The molecule has 3 rings (SSSR count). The Morgan fingerprint density at radius 3 is 2.62 bits per heavy atom. The largest absolute Gasteiger partial charge is 0.360 e. The Labute approximate surface area is 138 Å². The summed E-state index contributed by atoms with van der Waals surface area (Å²) in [6, 6.07) is 15.5. The molecule has 4 nitrogen and oxygen atoms in total. The zero-order valence-electron chi connectivity index (χ0n) is 13.0. The number of hydrogen-bond donors (Lipinski definition) is 2. The summed E-state index contributed by atoms with van der Waals surface area (Å²) in [5, 5.41) is 2.83. The zero-order valence-corrected chi connectivity index (χ0v) is 13.0. The molecule has 0 bridgehead atoms. The average molecular weight is 323 g/mol. The molecule has 24 heavy (non-hydrogen) atoms. The van der Waals surface area contributed by atoms with Crippen LogP contribution in [0.15, 0.2) is 59.5 Å². The molecule has 3 aromatic rings. The van der Waals surface area contributed by atoms with Crippen molar-refractivity contribution < 1.29 is 9.18 Å². The molecule has 0 spiro atoms. The van der Waals surface area contributed by atoms with Gasteiger partial charge in [-0.1, -0.05) is 36.4 Å². The molecule has 0 aliphatic carbocycles. The van der Waals surface area contributed by atoms with Crippen LogP contribution in [0.25, 0.3) is 10.9 Å². The topological polar surface area (TPSA) is 62.0 Å². The first-order chi connectivity index (χ1) is 11.7. The zero-order chi connectivity index (χ0) is 16.9. The van der Waals surface area contributed by atoms with Crippen molar-refractivity contribution in [3.05, 3.63) is 81.6 Å². The van der Waals surface area contributed by atoms with E-state index >= 15 is 0 Å². The van der Waals surface area contributed by atoms with Gasteiger partial charge >= 0.3 is 0 Å². The second-order valence-electron chi connectivity index (χ2n) is 5.52. The van der Waals surface area contributed by atoms with Crippen molar-refractivity contribution in [2.24, 2.45) is 0 Å². The predicted molar refractivity (Wildman–Crippen MR) is 92.1 cm³/mol. The van der Waals surface area contributed by atoms with Crippen LogP contribution in [-0.4, -0.2) is 24.1 Å². The number of nitrogens with one attached hydrogen (secondary N) is 2.